The molecule has 0 saturated carbocycles. The maximum Gasteiger partial charge on any atom is 2.00 e. The third-order valence-electron chi connectivity index (χ3n) is 2.52. The third-order valence-corrected chi connectivity index (χ3v) is 2.52. The maximum atomic E-state index is 9.58. The van der Waals surface area contributed by atoms with Crippen molar-refractivity contribution in [2.45, 2.75) is 32.6 Å². The zero-order chi connectivity index (χ0) is 9.19. The monoisotopic (exact) mass is 236 g/mol. The molecule has 1 rings (SSSR count). The molecule has 0 saturated heterocycles. The van der Waals surface area contributed by atoms with Crippen LogP contribution < -0.4 is 0 Å². The summed E-state index contributed by atoms with van der Waals surface area (Å²) in [6.45, 7) is 6.41. The van der Waals surface area contributed by atoms with Gasteiger partial charge in [-0.2, -0.15) is 0 Å². The molecule has 0 atom stereocenters. The summed E-state index contributed by atoms with van der Waals surface area (Å²) in [6.07, 6.45) is 1.03. The average Bonchev–Trinajstić information content (AvgIpc) is 2.05. The van der Waals surface area contributed by atoms with Crippen molar-refractivity contribution in [2.75, 3.05) is 0 Å². The first-order valence-corrected chi connectivity index (χ1v) is 4.36. The fourth-order valence-electron chi connectivity index (χ4n) is 1.24. The van der Waals surface area contributed by atoms with E-state index in [4.69, 9.17) is 0 Å². The van der Waals surface area contributed by atoms with E-state index in [-0.39, 0.29) is 56.6 Å². The molecule has 0 aromatic heterocycles. The van der Waals surface area contributed by atoms with Crippen molar-refractivity contribution in [1.29, 1.82) is 0 Å². The van der Waals surface area contributed by atoms with Gasteiger partial charge in [0.2, 0.25) is 0 Å². The normalized spacial score (nSPS) is 9.93. The van der Waals surface area contributed by atoms with Crippen molar-refractivity contribution in [1.82, 2.24) is 0 Å². The second-order valence-corrected chi connectivity index (χ2v) is 3.75. The van der Waals surface area contributed by atoms with Crippen LogP contribution in [0.3, 0.4) is 0 Å². The Morgan fingerprint density at radius 2 is 1.71 bits per heavy atom. The van der Waals surface area contributed by atoms with Gasteiger partial charge in [0.1, 0.15) is 5.75 Å². The van der Waals surface area contributed by atoms with E-state index in [0.29, 0.717) is 5.75 Å². The molecule has 0 aliphatic carbocycles. The minimum atomic E-state index is 0. The van der Waals surface area contributed by atoms with E-state index < -0.39 is 0 Å². The summed E-state index contributed by atoms with van der Waals surface area (Å²) in [5.74, 6) is 0.407. The summed E-state index contributed by atoms with van der Waals surface area (Å²) in [5, 5.41) is 9.58. The molecule has 0 aliphatic rings. The molecule has 74 valence electrons. The maximum absolute atomic E-state index is 9.58. The molecule has 0 radical (unpaired) electrons. The second kappa shape index (κ2) is 6.99. The first kappa shape index (κ1) is 17.0. The fourth-order valence-corrected chi connectivity index (χ4v) is 1.24. The molecule has 14 heavy (non-hydrogen) atoms. The van der Waals surface area contributed by atoms with Crippen molar-refractivity contribution in [3.05, 3.63) is 29.8 Å². The Morgan fingerprint density at radius 1 is 1.21 bits per heavy atom. The van der Waals surface area contributed by atoms with E-state index in [1.165, 1.54) is 0 Å². The Bertz CT molecular complexity index is 274. The molecular formula is C11H16CaOS. The Labute approximate surface area is 123 Å². The summed E-state index contributed by atoms with van der Waals surface area (Å²) in [5.41, 5.74) is 1.11. The van der Waals surface area contributed by atoms with Gasteiger partial charge in [-0.3, -0.25) is 0 Å². The van der Waals surface area contributed by atoms with Gasteiger partial charge in [0, 0.05) is 0 Å². The van der Waals surface area contributed by atoms with Crippen LogP contribution in [0.5, 0.6) is 5.75 Å². The summed E-state index contributed by atoms with van der Waals surface area (Å²) in [4.78, 5) is 0. The molecular weight excluding hydrogens is 220 g/mol. The molecule has 0 amide bonds. The number of benzene rings is 1. The minimum absolute atomic E-state index is 0. The molecule has 0 bridgehead atoms. The molecule has 0 spiro atoms. The van der Waals surface area contributed by atoms with Crippen LogP contribution in [-0.4, -0.2) is 42.8 Å². The van der Waals surface area contributed by atoms with E-state index in [1.807, 2.05) is 18.2 Å². The topological polar surface area (TPSA) is 20.2 Å². The van der Waals surface area contributed by atoms with E-state index in [0.717, 1.165) is 12.0 Å². The Kier molecular flexibility index (Phi) is 8.51. The molecule has 1 N–H and O–H groups in total. The number of hydrogen-bond donors (Lipinski definition) is 1. The summed E-state index contributed by atoms with van der Waals surface area (Å²) >= 11 is 0. The largest absolute Gasteiger partial charge is 2.00 e. The number of para-hydroxylation sites is 1. The van der Waals surface area contributed by atoms with Crippen LogP contribution in [0.1, 0.15) is 32.8 Å². The minimum Gasteiger partial charge on any atom is -2.00 e. The van der Waals surface area contributed by atoms with Crippen LogP contribution in [0.25, 0.3) is 0 Å². The Hall–Kier alpha value is 0.630. The predicted octanol–water partition coefficient (Wildman–Crippen LogP) is 2.70. The third kappa shape index (κ3) is 4.01. The number of hydrogen-bond acceptors (Lipinski definition) is 1. The van der Waals surface area contributed by atoms with Gasteiger partial charge in [0.05, 0.1) is 0 Å². The summed E-state index contributed by atoms with van der Waals surface area (Å²) < 4.78 is 0. The van der Waals surface area contributed by atoms with Gasteiger partial charge in [0.25, 0.3) is 0 Å². The zero-order valence-electron chi connectivity index (χ0n) is 9.08. The van der Waals surface area contributed by atoms with Gasteiger partial charge in [-0.15, -0.1) is 0 Å². The zero-order valence-corrected chi connectivity index (χ0v) is 12.1. The van der Waals surface area contributed by atoms with Gasteiger partial charge in [0.15, 0.2) is 0 Å². The SMILES string of the molecule is CCC(C)(C)c1ccccc1O.[Ca+2].[S-2]. The Morgan fingerprint density at radius 3 is 2.14 bits per heavy atom. The van der Waals surface area contributed by atoms with Crippen LogP contribution in [0.2, 0.25) is 0 Å². The first-order chi connectivity index (χ1) is 5.58. The standard InChI is InChI=1S/C11H16O.Ca.S/c1-4-11(2,3)9-7-5-6-8-10(9)12;;/h5-8,12H,4H2,1-3H3;;/q;+2;-2. The molecule has 1 aromatic carbocycles. The van der Waals surface area contributed by atoms with Crippen LogP contribution >= 0.6 is 0 Å². The van der Waals surface area contributed by atoms with Crippen LogP contribution in [-0.2, 0) is 18.9 Å². The van der Waals surface area contributed by atoms with Crippen molar-refractivity contribution in [3.63, 3.8) is 0 Å². The van der Waals surface area contributed by atoms with Crippen LogP contribution in [0.15, 0.2) is 24.3 Å². The van der Waals surface area contributed by atoms with Gasteiger partial charge < -0.3 is 18.6 Å². The number of phenols is 1. The molecule has 0 aliphatic heterocycles. The van der Waals surface area contributed by atoms with Crippen molar-refractivity contribution >= 4 is 51.2 Å². The predicted molar refractivity (Wildman–Crippen MR) is 64.5 cm³/mol. The van der Waals surface area contributed by atoms with Crippen molar-refractivity contribution < 1.29 is 5.11 Å². The number of rotatable bonds is 2. The average molecular weight is 236 g/mol. The van der Waals surface area contributed by atoms with Crippen molar-refractivity contribution in [3.8, 4) is 5.75 Å². The first-order valence-electron chi connectivity index (χ1n) is 4.36. The molecule has 1 nitrogen and oxygen atoms in total. The second-order valence-electron chi connectivity index (χ2n) is 3.75. The Balaban J connectivity index is 0. The molecule has 0 unspecified atom stereocenters. The van der Waals surface area contributed by atoms with Gasteiger partial charge in [-0.25, -0.2) is 0 Å². The van der Waals surface area contributed by atoms with Crippen molar-refractivity contribution in [2.24, 2.45) is 0 Å². The molecule has 0 fully saturated rings. The molecule has 0 heterocycles. The van der Waals surface area contributed by atoms with E-state index >= 15 is 0 Å². The van der Waals surface area contributed by atoms with Gasteiger partial charge >= 0.3 is 37.7 Å². The van der Waals surface area contributed by atoms with E-state index in [1.54, 1.807) is 6.07 Å². The van der Waals surface area contributed by atoms with Crippen LogP contribution in [0.4, 0.5) is 0 Å². The van der Waals surface area contributed by atoms with Crippen LogP contribution in [0, 0.1) is 0 Å². The summed E-state index contributed by atoms with van der Waals surface area (Å²) in [7, 11) is 0. The molecule has 3 heteroatoms. The van der Waals surface area contributed by atoms with E-state index in [2.05, 4.69) is 20.8 Å². The van der Waals surface area contributed by atoms with E-state index in [9.17, 15) is 5.11 Å². The van der Waals surface area contributed by atoms with Gasteiger partial charge in [-0.1, -0.05) is 39.0 Å². The molecule has 1 aromatic rings. The summed E-state index contributed by atoms with van der Waals surface area (Å²) in [6, 6.07) is 7.54. The fraction of sp³-hybridized carbons (Fsp3) is 0.455. The quantitative estimate of drug-likeness (QED) is 0.783. The van der Waals surface area contributed by atoms with Gasteiger partial charge in [-0.05, 0) is 23.5 Å². The smallest absolute Gasteiger partial charge is 2.00 e. The number of aromatic hydroxyl groups is 1. The number of phenolic OH excluding ortho intramolecular Hbond substituents is 1.